The van der Waals surface area contributed by atoms with Crippen molar-refractivity contribution in [1.29, 1.82) is 5.26 Å². The second kappa shape index (κ2) is 5.97. The van der Waals surface area contributed by atoms with E-state index in [2.05, 4.69) is 42.1 Å². The first-order valence-corrected chi connectivity index (χ1v) is 6.29. The minimum absolute atomic E-state index is 0.710. The van der Waals surface area contributed by atoms with Gasteiger partial charge in [0, 0.05) is 17.7 Å². The van der Waals surface area contributed by atoms with Crippen molar-refractivity contribution in [1.82, 2.24) is 0 Å². The fraction of sp³-hybridized carbons (Fsp3) is 0.250. The molecule has 18 heavy (non-hydrogen) atoms. The molecular formula is C16H17N2+. The van der Waals surface area contributed by atoms with E-state index < -0.39 is 0 Å². The molecule has 0 N–H and O–H groups in total. The molecule has 1 aromatic heterocycles. The Balaban J connectivity index is 2.06. The number of nitrogens with zero attached hydrogens (tertiary/aromatic N) is 2. The molecule has 1 aromatic carbocycles. The van der Waals surface area contributed by atoms with Crippen LogP contribution in [-0.4, -0.2) is 0 Å². The maximum atomic E-state index is 8.74. The molecule has 0 spiro atoms. The summed E-state index contributed by atoms with van der Waals surface area (Å²) in [5.41, 5.74) is 3.30. The molecule has 0 atom stereocenters. The van der Waals surface area contributed by atoms with Crippen LogP contribution >= 0.6 is 0 Å². The van der Waals surface area contributed by atoms with Crippen molar-refractivity contribution in [3.63, 3.8) is 0 Å². The summed E-state index contributed by atoms with van der Waals surface area (Å²) >= 11 is 0. The fourth-order valence-corrected chi connectivity index (χ4v) is 1.94. The minimum Gasteiger partial charge on any atom is -0.201 e. The highest BCUT2D eigenvalue weighted by Crippen LogP contribution is 2.04. The molecule has 90 valence electrons. The Morgan fingerprint density at radius 1 is 1.00 bits per heavy atom. The van der Waals surface area contributed by atoms with Crippen molar-refractivity contribution < 1.29 is 4.57 Å². The Morgan fingerprint density at radius 2 is 1.67 bits per heavy atom. The van der Waals surface area contributed by atoms with E-state index in [4.69, 9.17) is 5.26 Å². The molecule has 2 heteroatoms. The van der Waals surface area contributed by atoms with Crippen molar-refractivity contribution in [2.45, 2.75) is 26.3 Å². The highest BCUT2D eigenvalue weighted by molar-refractivity contribution is 5.31. The van der Waals surface area contributed by atoms with Crippen molar-refractivity contribution in [2.75, 3.05) is 0 Å². The van der Waals surface area contributed by atoms with E-state index in [9.17, 15) is 0 Å². The molecule has 1 heterocycles. The normalized spacial score (nSPS) is 10.0. The molecule has 0 bridgehead atoms. The third kappa shape index (κ3) is 3.18. The molecule has 0 saturated heterocycles. The average Bonchev–Trinajstić information content (AvgIpc) is 2.42. The monoisotopic (exact) mass is 237 g/mol. The van der Waals surface area contributed by atoms with Crippen molar-refractivity contribution in [2.24, 2.45) is 0 Å². The van der Waals surface area contributed by atoms with Crippen LogP contribution in [0.2, 0.25) is 0 Å². The van der Waals surface area contributed by atoms with Gasteiger partial charge < -0.3 is 0 Å². The van der Waals surface area contributed by atoms with Crippen LogP contribution in [0.5, 0.6) is 0 Å². The molecule has 2 rings (SSSR count). The number of aromatic nitrogens is 1. The van der Waals surface area contributed by atoms with Crippen LogP contribution in [0.4, 0.5) is 0 Å². The fourth-order valence-electron chi connectivity index (χ4n) is 1.94. The van der Waals surface area contributed by atoms with Crippen molar-refractivity contribution in [3.8, 4) is 6.07 Å². The number of benzene rings is 1. The summed E-state index contributed by atoms with van der Waals surface area (Å²) < 4.78 is 2.15. The first-order chi connectivity index (χ1) is 8.81. The van der Waals surface area contributed by atoms with Crippen LogP contribution in [-0.2, 0) is 13.0 Å². The first kappa shape index (κ1) is 12.3. The lowest BCUT2D eigenvalue weighted by Crippen LogP contribution is -2.33. The zero-order chi connectivity index (χ0) is 12.8. The average molecular weight is 237 g/mol. The molecule has 0 unspecified atom stereocenters. The highest BCUT2D eigenvalue weighted by atomic mass is 14.9. The van der Waals surface area contributed by atoms with E-state index in [0.717, 1.165) is 13.0 Å². The Labute approximate surface area is 108 Å². The summed E-state index contributed by atoms with van der Waals surface area (Å²) in [7, 11) is 0. The van der Waals surface area contributed by atoms with Gasteiger partial charge in [0.25, 0.3) is 0 Å². The van der Waals surface area contributed by atoms with Crippen LogP contribution in [0.1, 0.15) is 30.0 Å². The molecule has 2 aromatic rings. The summed E-state index contributed by atoms with van der Waals surface area (Å²) in [6, 6.07) is 14.2. The summed E-state index contributed by atoms with van der Waals surface area (Å²) in [5, 5.41) is 8.74. The quantitative estimate of drug-likeness (QED) is 0.751. The molecule has 0 radical (unpaired) electrons. The van der Waals surface area contributed by atoms with Gasteiger partial charge in [-0.15, -0.1) is 0 Å². The second-order valence-electron chi connectivity index (χ2n) is 4.44. The van der Waals surface area contributed by atoms with Gasteiger partial charge in [0.1, 0.15) is 0 Å². The summed E-state index contributed by atoms with van der Waals surface area (Å²) in [4.78, 5) is 0. The number of hydrogen-bond acceptors (Lipinski definition) is 1. The lowest BCUT2D eigenvalue weighted by atomic mass is 10.1. The Kier molecular flexibility index (Phi) is 4.09. The van der Waals surface area contributed by atoms with Gasteiger partial charge in [-0.25, -0.2) is 4.57 Å². The topological polar surface area (TPSA) is 27.7 Å². The van der Waals surface area contributed by atoms with Crippen LogP contribution in [0.3, 0.4) is 0 Å². The minimum atomic E-state index is 0.710. The Hall–Kier alpha value is -2.14. The summed E-state index contributed by atoms with van der Waals surface area (Å²) in [5.74, 6) is 0. The smallest absolute Gasteiger partial charge is 0.173 e. The van der Waals surface area contributed by atoms with E-state index in [1.807, 2.05) is 24.3 Å². The van der Waals surface area contributed by atoms with Gasteiger partial charge in [-0.3, -0.25) is 0 Å². The molecule has 0 aliphatic rings. The zero-order valence-electron chi connectivity index (χ0n) is 10.6. The standard InChI is InChI=1S/C16H17N2/c1-2-3-14-8-10-18(11-9-14)13-16-6-4-15(12-17)5-7-16/h4-11H,2-3,13H2,1H3/q+1. The largest absolute Gasteiger partial charge is 0.201 e. The van der Waals surface area contributed by atoms with Crippen LogP contribution in [0.25, 0.3) is 0 Å². The first-order valence-electron chi connectivity index (χ1n) is 6.29. The number of rotatable bonds is 4. The van der Waals surface area contributed by atoms with E-state index in [0.29, 0.717) is 5.56 Å². The number of pyridine rings is 1. The number of hydrogen-bond donors (Lipinski definition) is 0. The maximum Gasteiger partial charge on any atom is 0.173 e. The molecule has 2 nitrogen and oxygen atoms in total. The van der Waals surface area contributed by atoms with Gasteiger partial charge >= 0.3 is 0 Å². The highest BCUT2D eigenvalue weighted by Gasteiger charge is 2.02. The van der Waals surface area contributed by atoms with Crippen LogP contribution < -0.4 is 4.57 Å². The summed E-state index contributed by atoms with van der Waals surface area (Å²) in [6.45, 7) is 3.04. The predicted molar refractivity (Wildman–Crippen MR) is 70.9 cm³/mol. The predicted octanol–water partition coefficient (Wildman–Crippen LogP) is 2.85. The van der Waals surface area contributed by atoms with Gasteiger partial charge in [-0.1, -0.05) is 25.5 Å². The van der Waals surface area contributed by atoms with E-state index in [-0.39, 0.29) is 0 Å². The van der Waals surface area contributed by atoms with Crippen molar-refractivity contribution in [3.05, 3.63) is 65.5 Å². The lowest BCUT2D eigenvalue weighted by molar-refractivity contribution is -0.688. The molecule has 0 saturated carbocycles. The summed E-state index contributed by atoms with van der Waals surface area (Å²) in [6.07, 6.45) is 6.55. The molecule has 0 amide bonds. The van der Waals surface area contributed by atoms with Gasteiger partial charge in [-0.05, 0) is 24.1 Å². The lowest BCUT2D eigenvalue weighted by Gasteiger charge is -2.00. The van der Waals surface area contributed by atoms with E-state index in [1.165, 1.54) is 17.5 Å². The third-order valence-electron chi connectivity index (χ3n) is 2.95. The SMILES string of the molecule is CCCc1cc[n+](Cc2ccc(C#N)cc2)cc1. The van der Waals surface area contributed by atoms with Gasteiger partial charge in [-0.2, -0.15) is 5.26 Å². The number of nitriles is 1. The second-order valence-corrected chi connectivity index (χ2v) is 4.44. The van der Waals surface area contributed by atoms with Crippen LogP contribution in [0, 0.1) is 11.3 Å². The Morgan fingerprint density at radius 3 is 2.22 bits per heavy atom. The van der Waals surface area contributed by atoms with E-state index in [1.54, 1.807) is 0 Å². The molecule has 0 aliphatic carbocycles. The Bertz CT molecular complexity index is 533. The zero-order valence-corrected chi connectivity index (χ0v) is 10.6. The van der Waals surface area contributed by atoms with Crippen LogP contribution in [0.15, 0.2) is 48.8 Å². The molecule has 0 fully saturated rings. The van der Waals surface area contributed by atoms with Crippen molar-refractivity contribution >= 4 is 0 Å². The molecule has 0 aliphatic heterocycles. The van der Waals surface area contributed by atoms with E-state index >= 15 is 0 Å². The molecular weight excluding hydrogens is 220 g/mol. The van der Waals surface area contributed by atoms with Gasteiger partial charge in [0.15, 0.2) is 18.9 Å². The third-order valence-corrected chi connectivity index (χ3v) is 2.95. The maximum absolute atomic E-state index is 8.74. The number of aryl methyl sites for hydroxylation is 1. The van der Waals surface area contributed by atoms with Gasteiger partial charge in [0.05, 0.1) is 11.6 Å². The van der Waals surface area contributed by atoms with Gasteiger partial charge in [0.2, 0.25) is 0 Å².